The van der Waals surface area contributed by atoms with Crippen LogP contribution in [-0.2, 0) is 6.54 Å². The van der Waals surface area contributed by atoms with Gasteiger partial charge in [0.25, 0.3) is 0 Å². The van der Waals surface area contributed by atoms with Crippen LogP contribution in [0.25, 0.3) is 10.9 Å². The van der Waals surface area contributed by atoms with Crippen LogP contribution in [0.5, 0.6) is 0 Å². The maximum absolute atomic E-state index is 10.8. The second-order valence-electron chi connectivity index (χ2n) is 3.23. The topological polar surface area (TPSA) is 22.0 Å². The molecule has 0 saturated carbocycles. The lowest BCUT2D eigenvalue weighted by Gasteiger charge is -2.01. The number of carbonyl (C=O) groups excluding carboxylic acids is 1. The molecule has 0 atom stereocenters. The van der Waals surface area contributed by atoms with E-state index < -0.39 is 0 Å². The van der Waals surface area contributed by atoms with Gasteiger partial charge in [-0.2, -0.15) is 0 Å². The summed E-state index contributed by atoms with van der Waals surface area (Å²) in [5.41, 5.74) is 3.27. The number of fused-ring (bicyclic) bond motifs is 1. The first-order chi connectivity index (χ1) is 7.36. The van der Waals surface area contributed by atoms with E-state index in [1.165, 1.54) is 5.54 Å². The number of nitrogens with zero attached hydrogens (tertiary/aromatic N) is 1. The van der Waals surface area contributed by atoms with Crippen LogP contribution in [0.4, 0.5) is 0 Å². The fourth-order valence-electron chi connectivity index (χ4n) is 1.66. The second kappa shape index (κ2) is 4.32. The van der Waals surface area contributed by atoms with Crippen molar-refractivity contribution in [2.45, 2.75) is 6.54 Å². The highest BCUT2D eigenvalue weighted by atomic mass is 35.5. The Balaban J connectivity index is 2.55. The molecule has 0 amide bonds. The Morgan fingerprint density at radius 2 is 2.20 bits per heavy atom. The van der Waals surface area contributed by atoms with Crippen LogP contribution in [0, 0.1) is 0 Å². The number of carbonyl (C=O) groups is 1. The number of hydrogen-bond acceptors (Lipinski definition) is 1. The average molecular weight is 220 g/mol. The van der Waals surface area contributed by atoms with Crippen molar-refractivity contribution < 1.29 is 4.79 Å². The molecule has 2 nitrogen and oxygen atoms in total. The number of hydrogen-bond donors (Lipinski definition) is 0. The van der Waals surface area contributed by atoms with Crippen LogP contribution in [0.3, 0.4) is 0 Å². The number of halogens is 1. The average Bonchev–Trinajstić information content (AvgIpc) is 2.69. The van der Waals surface area contributed by atoms with E-state index in [9.17, 15) is 4.79 Å². The third-order valence-corrected chi connectivity index (χ3v) is 2.54. The van der Waals surface area contributed by atoms with Crippen LogP contribution < -0.4 is 0 Å². The van der Waals surface area contributed by atoms with E-state index in [1.54, 1.807) is 0 Å². The Morgan fingerprint density at radius 3 is 2.93 bits per heavy atom. The summed E-state index contributed by atoms with van der Waals surface area (Å²) < 4.78 is 2.04. The van der Waals surface area contributed by atoms with Gasteiger partial charge in [-0.1, -0.05) is 29.8 Å². The molecule has 0 fully saturated rings. The quantitative estimate of drug-likeness (QED) is 0.727. The van der Waals surface area contributed by atoms with Gasteiger partial charge in [0.2, 0.25) is 0 Å². The summed E-state index contributed by atoms with van der Waals surface area (Å²) in [4.78, 5) is 10.8. The zero-order chi connectivity index (χ0) is 10.7. The molecule has 3 heteroatoms. The number of aromatic nitrogens is 1. The molecule has 0 unspecified atom stereocenters. The van der Waals surface area contributed by atoms with E-state index in [0.717, 1.165) is 29.3 Å². The van der Waals surface area contributed by atoms with E-state index in [1.807, 2.05) is 41.1 Å². The van der Waals surface area contributed by atoms with Gasteiger partial charge in [-0.05, 0) is 12.1 Å². The standard InChI is InChI=1S/C12H10ClNO/c13-6-2-7-14-8-5-11-10(9-15)3-1-4-12(11)14/h1-6,8-9H,7H2. The van der Waals surface area contributed by atoms with Crippen molar-refractivity contribution >= 4 is 28.8 Å². The minimum atomic E-state index is 0.718. The number of rotatable bonds is 3. The lowest BCUT2D eigenvalue weighted by atomic mass is 10.1. The molecule has 0 aliphatic heterocycles. The first-order valence-corrected chi connectivity index (χ1v) is 5.08. The van der Waals surface area contributed by atoms with E-state index in [-0.39, 0.29) is 0 Å². The van der Waals surface area contributed by atoms with Crippen molar-refractivity contribution in [2.24, 2.45) is 0 Å². The van der Waals surface area contributed by atoms with E-state index in [2.05, 4.69) is 0 Å². The predicted molar refractivity (Wildman–Crippen MR) is 62.3 cm³/mol. The van der Waals surface area contributed by atoms with Crippen molar-refractivity contribution in [1.29, 1.82) is 0 Å². The molecule has 76 valence electrons. The van der Waals surface area contributed by atoms with Gasteiger partial charge >= 0.3 is 0 Å². The van der Waals surface area contributed by atoms with Crippen molar-refractivity contribution in [3.63, 3.8) is 0 Å². The van der Waals surface area contributed by atoms with Crippen LogP contribution in [0.1, 0.15) is 10.4 Å². The van der Waals surface area contributed by atoms with Crippen LogP contribution in [-0.4, -0.2) is 10.9 Å². The summed E-state index contributed by atoms with van der Waals surface area (Å²) in [6.45, 7) is 0.718. The molecule has 0 radical (unpaired) electrons. The minimum absolute atomic E-state index is 0.718. The number of allylic oxidation sites excluding steroid dienone is 1. The van der Waals surface area contributed by atoms with Crippen LogP contribution in [0.2, 0.25) is 0 Å². The van der Waals surface area contributed by atoms with Crippen molar-refractivity contribution in [3.05, 3.63) is 47.6 Å². The lowest BCUT2D eigenvalue weighted by Crippen LogP contribution is -1.92. The monoisotopic (exact) mass is 219 g/mol. The molecule has 0 aliphatic rings. The van der Waals surface area contributed by atoms with Crippen LogP contribution >= 0.6 is 11.6 Å². The fraction of sp³-hybridized carbons (Fsp3) is 0.0833. The third kappa shape index (κ3) is 1.81. The fourth-order valence-corrected chi connectivity index (χ4v) is 1.74. The minimum Gasteiger partial charge on any atom is -0.344 e. The SMILES string of the molecule is O=Cc1cccc2c1ccn2CC=CCl. The molecular weight excluding hydrogens is 210 g/mol. The van der Waals surface area contributed by atoms with Crippen molar-refractivity contribution in [3.8, 4) is 0 Å². The Labute approximate surface area is 92.8 Å². The van der Waals surface area contributed by atoms with Gasteiger partial charge in [-0.15, -0.1) is 0 Å². The van der Waals surface area contributed by atoms with Crippen molar-refractivity contribution in [1.82, 2.24) is 4.57 Å². The molecule has 1 aromatic heterocycles. The predicted octanol–water partition coefficient (Wildman–Crippen LogP) is 3.21. The van der Waals surface area contributed by atoms with Gasteiger partial charge in [0.15, 0.2) is 6.29 Å². The van der Waals surface area contributed by atoms with Crippen LogP contribution in [0.15, 0.2) is 42.1 Å². The smallest absolute Gasteiger partial charge is 0.150 e. The molecule has 0 aliphatic carbocycles. The summed E-state index contributed by atoms with van der Waals surface area (Å²) in [6.07, 6.45) is 4.69. The highest BCUT2D eigenvalue weighted by Gasteiger charge is 2.03. The summed E-state index contributed by atoms with van der Waals surface area (Å²) in [7, 11) is 0. The molecule has 0 spiro atoms. The van der Waals surface area contributed by atoms with Crippen molar-refractivity contribution in [2.75, 3.05) is 0 Å². The first kappa shape index (κ1) is 9.99. The zero-order valence-corrected chi connectivity index (χ0v) is 8.82. The largest absolute Gasteiger partial charge is 0.344 e. The number of aldehydes is 1. The molecule has 0 saturated heterocycles. The third-order valence-electron chi connectivity index (χ3n) is 2.37. The van der Waals surface area contributed by atoms with Gasteiger partial charge in [-0.25, -0.2) is 0 Å². The molecule has 1 heterocycles. The summed E-state index contributed by atoms with van der Waals surface area (Å²) in [5, 5.41) is 0.982. The maximum atomic E-state index is 10.8. The molecule has 0 N–H and O–H groups in total. The van der Waals surface area contributed by atoms with Gasteiger partial charge in [0.05, 0.1) is 0 Å². The molecule has 2 rings (SSSR count). The van der Waals surface area contributed by atoms with E-state index >= 15 is 0 Å². The highest BCUT2D eigenvalue weighted by molar-refractivity contribution is 6.25. The Kier molecular flexibility index (Phi) is 2.88. The molecular formula is C12H10ClNO. The van der Waals surface area contributed by atoms with E-state index in [0.29, 0.717) is 0 Å². The molecule has 0 bridgehead atoms. The zero-order valence-electron chi connectivity index (χ0n) is 8.06. The Hall–Kier alpha value is -1.54. The lowest BCUT2D eigenvalue weighted by molar-refractivity contribution is 0.112. The Morgan fingerprint density at radius 1 is 1.33 bits per heavy atom. The summed E-state index contributed by atoms with van der Waals surface area (Å²) in [6, 6.07) is 7.63. The summed E-state index contributed by atoms with van der Waals surface area (Å²) in [5.74, 6) is 0. The van der Waals surface area contributed by atoms with E-state index in [4.69, 9.17) is 11.6 Å². The maximum Gasteiger partial charge on any atom is 0.150 e. The molecule has 2 aromatic rings. The van der Waals surface area contributed by atoms with Gasteiger partial charge in [0.1, 0.15) is 0 Å². The molecule has 1 aromatic carbocycles. The Bertz CT molecular complexity index is 513. The second-order valence-corrected chi connectivity index (χ2v) is 3.48. The number of benzene rings is 1. The van der Waals surface area contributed by atoms with Gasteiger partial charge in [0, 0.05) is 34.7 Å². The normalized spacial score (nSPS) is 11.3. The van der Waals surface area contributed by atoms with Gasteiger partial charge < -0.3 is 4.57 Å². The highest BCUT2D eigenvalue weighted by Crippen LogP contribution is 2.19. The van der Waals surface area contributed by atoms with Gasteiger partial charge in [-0.3, -0.25) is 4.79 Å². The summed E-state index contributed by atoms with van der Waals surface area (Å²) >= 11 is 5.48. The first-order valence-electron chi connectivity index (χ1n) is 4.65. The molecule has 15 heavy (non-hydrogen) atoms.